The Bertz CT molecular complexity index is 1800. The van der Waals surface area contributed by atoms with Crippen LogP contribution in [0.2, 0.25) is 0 Å². The molecule has 204 valence electrons. The van der Waals surface area contributed by atoms with Crippen LogP contribution in [-0.2, 0) is 15.4 Å². The molecule has 0 fully saturated rings. The number of ether oxygens (including phenoxy) is 3. The molecule has 2 N–H and O–H groups in total. The summed E-state index contributed by atoms with van der Waals surface area (Å²) < 4.78 is 99.1. The van der Waals surface area contributed by atoms with E-state index in [-0.39, 0.29) is 27.6 Å². The van der Waals surface area contributed by atoms with Gasteiger partial charge in [-0.15, -0.1) is 0 Å². The molecule has 0 aliphatic heterocycles. The zero-order valence-electron chi connectivity index (χ0n) is 28.0. The summed E-state index contributed by atoms with van der Waals surface area (Å²) in [6, 6.07) is 12.8. The van der Waals surface area contributed by atoms with Gasteiger partial charge in [-0.2, -0.15) is 4.98 Å². The lowest BCUT2D eigenvalue weighted by Gasteiger charge is -2.20. The molecular formula is C27H29N5O6S. The van der Waals surface area contributed by atoms with Crippen LogP contribution in [0.4, 0.5) is 5.82 Å². The summed E-state index contributed by atoms with van der Waals surface area (Å²) in [5.74, 6) is -3.56. The Labute approximate surface area is 236 Å². The Morgan fingerprint density at radius 2 is 1.67 bits per heavy atom. The summed E-state index contributed by atoms with van der Waals surface area (Å²) in [7, 11) is -7.40. The normalized spacial score (nSPS) is 15.3. The van der Waals surface area contributed by atoms with E-state index in [4.69, 9.17) is 23.8 Å². The highest BCUT2D eigenvalue weighted by molar-refractivity contribution is 7.92. The zero-order valence-corrected chi connectivity index (χ0v) is 21.9. The standard InChI is InChI=1S/C27H29N5O6S/c1-27(2,3)18-10-12-19(13-11-18)39(34,35)32-23-22(38-21-9-6-5-8-20(21)36-4)26(37-17-16-33)31-25(30-23)24-28-14-7-15-29-24/h5-15,33H,16-17H2,1-4H3,(H,30,31,32)/i4D3,16D2,17D2. The predicted molar refractivity (Wildman–Crippen MR) is 145 cm³/mol. The second kappa shape index (κ2) is 11.6. The number of rotatable bonds is 10. The van der Waals surface area contributed by atoms with E-state index in [1.807, 2.05) is 20.8 Å². The van der Waals surface area contributed by atoms with E-state index in [0.717, 1.165) is 5.56 Å². The Hall–Kier alpha value is -4.29. The van der Waals surface area contributed by atoms with Crippen LogP contribution in [0.25, 0.3) is 11.6 Å². The average molecular weight is 559 g/mol. The first-order valence-corrected chi connectivity index (χ1v) is 12.8. The van der Waals surface area contributed by atoms with Crippen LogP contribution in [0.1, 0.15) is 35.9 Å². The minimum Gasteiger partial charge on any atom is -0.493 e. The fraction of sp³-hybridized carbons (Fsp3) is 0.259. The lowest BCUT2D eigenvalue weighted by atomic mass is 9.87. The summed E-state index contributed by atoms with van der Waals surface area (Å²) in [5, 5.41) is 9.86. The highest BCUT2D eigenvalue weighted by Gasteiger charge is 2.26. The second-order valence-corrected chi connectivity index (χ2v) is 10.6. The molecular weight excluding hydrogens is 522 g/mol. The number of methoxy groups -OCH3 is 1. The van der Waals surface area contributed by atoms with E-state index in [1.54, 1.807) is 12.1 Å². The summed E-state index contributed by atoms with van der Waals surface area (Å²) >= 11 is 0. The number of sulfonamides is 1. The Morgan fingerprint density at radius 3 is 2.31 bits per heavy atom. The highest BCUT2D eigenvalue weighted by Crippen LogP contribution is 2.41. The molecule has 4 aromatic rings. The van der Waals surface area contributed by atoms with Gasteiger partial charge < -0.3 is 19.3 Å². The average Bonchev–Trinajstić information content (AvgIpc) is 2.94. The zero-order chi connectivity index (χ0) is 34.1. The van der Waals surface area contributed by atoms with Gasteiger partial charge in [-0.05, 0) is 41.3 Å². The van der Waals surface area contributed by atoms with Crippen molar-refractivity contribution in [3.8, 4) is 34.8 Å². The van der Waals surface area contributed by atoms with Gasteiger partial charge in [0.05, 0.1) is 28.1 Å². The van der Waals surface area contributed by atoms with Gasteiger partial charge in [0.25, 0.3) is 15.9 Å². The number of para-hydroxylation sites is 2. The van der Waals surface area contributed by atoms with Crippen LogP contribution in [0.3, 0.4) is 0 Å². The molecule has 0 radical (unpaired) electrons. The van der Waals surface area contributed by atoms with E-state index in [2.05, 4.69) is 24.7 Å². The van der Waals surface area contributed by atoms with Gasteiger partial charge in [-0.25, -0.2) is 23.4 Å². The summed E-state index contributed by atoms with van der Waals surface area (Å²) in [6.45, 7) is -1.24. The number of nitrogens with one attached hydrogen (secondary N) is 1. The van der Waals surface area contributed by atoms with Crippen LogP contribution in [-0.4, -0.2) is 53.6 Å². The molecule has 0 amide bonds. The van der Waals surface area contributed by atoms with Crippen molar-refractivity contribution in [3.05, 3.63) is 72.6 Å². The van der Waals surface area contributed by atoms with Crippen molar-refractivity contribution in [1.82, 2.24) is 19.9 Å². The molecule has 2 heterocycles. The van der Waals surface area contributed by atoms with Crippen LogP contribution < -0.4 is 18.9 Å². The first-order valence-electron chi connectivity index (χ1n) is 14.9. The summed E-state index contributed by atoms with van der Waals surface area (Å²) in [4.78, 5) is 16.1. The molecule has 11 nitrogen and oxygen atoms in total. The minimum absolute atomic E-state index is 0.174. The fourth-order valence-electron chi connectivity index (χ4n) is 3.30. The van der Waals surface area contributed by atoms with Gasteiger partial charge in [0.15, 0.2) is 23.1 Å². The number of aliphatic hydroxyl groups is 1. The fourth-order valence-corrected chi connectivity index (χ4v) is 4.30. The second-order valence-electron chi connectivity index (χ2n) is 8.95. The molecule has 0 saturated carbocycles. The largest absolute Gasteiger partial charge is 0.493 e. The molecule has 0 bridgehead atoms. The molecule has 0 unspecified atom stereocenters. The molecule has 2 aromatic heterocycles. The van der Waals surface area contributed by atoms with Gasteiger partial charge in [-0.3, -0.25) is 4.72 Å². The number of hydrogen-bond acceptors (Lipinski definition) is 10. The molecule has 2 aromatic carbocycles. The van der Waals surface area contributed by atoms with E-state index >= 15 is 0 Å². The monoisotopic (exact) mass is 558 g/mol. The van der Waals surface area contributed by atoms with Gasteiger partial charge in [0.2, 0.25) is 11.6 Å². The van der Waals surface area contributed by atoms with Gasteiger partial charge in [-0.1, -0.05) is 45.0 Å². The van der Waals surface area contributed by atoms with E-state index in [0.29, 0.717) is 0 Å². The Morgan fingerprint density at radius 1 is 0.974 bits per heavy atom. The first-order chi connectivity index (χ1) is 21.2. The van der Waals surface area contributed by atoms with Crippen molar-refractivity contribution < 1.29 is 37.3 Å². The smallest absolute Gasteiger partial charge is 0.263 e. The number of anilines is 1. The lowest BCUT2D eigenvalue weighted by Crippen LogP contribution is -2.17. The molecule has 0 spiro atoms. The van der Waals surface area contributed by atoms with Crippen molar-refractivity contribution >= 4 is 15.8 Å². The molecule has 0 atom stereocenters. The van der Waals surface area contributed by atoms with Crippen LogP contribution in [0.5, 0.6) is 23.1 Å². The molecule has 39 heavy (non-hydrogen) atoms. The third-order valence-corrected chi connectivity index (χ3v) is 6.58. The van der Waals surface area contributed by atoms with Crippen molar-refractivity contribution in [2.24, 2.45) is 0 Å². The van der Waals surface area contributed by atoms with Crippen LogP contribution in [0, 0.1) is 0 Å². The minimum atomic E-state index is -4.47. The van der Waals surface area contributed by atoms with E-state index in [1.165, 1.54) is 54.9 Å². The first kappa shape index (κ1) is 19.7. The Balaban J connectivity index is 1.95. The Kier molecular flexibility index (Phi) is 5.88. The highest BCUT2D eigenvalue weighted by atomic mass is 32.2. The molecule has 12 heteroatoms. The molecule has 0 aliphatic carbocycles. The van der Waals surface area contributed by atoms with Crippen LogP contribution >= 0.6 is 0 Å². The number of nitrogens with zero attached hydrogens (tertiary/aromatic N) is 4. The molecule has 4 rings (SSSR count). The summed E-state index contributed by atoms with van der Waals surface area (Å²) in [6.07, 6.45) is 2.65. The molecule has 0 aliphatic rings. The van der Waals surface area contributed by atoms with Gasteiger partial charge in [0, 0.05) is 12.4 Å². The van der Waals surface area contributed by atoms with Gasteiger partial charge >= 0.3 is 0 Å². The third-order valence-electron chi connectivity index (χ3n) is 5.23. The topological polar surface area (TPSA) is 146 Å². The number of aromatic nitrogens is 4. The maximum Gasteiger partial charge on any atom is 0.263 e. The number of hydrogen-bond donors (Lipinski definition) is 2. The van der Waals surface area contributed by atoms with E-state index < -0.39 is 53.5 Å². The van der Waals surface area contributed by atoms with E-state index in [9.17, 15) is 13.5 Å². The SMILES string of the molecule is [2H]C([2H])([2H])Oc1ccccc1Oc1c(NS(=O)(=O)c2ccc(C(C)(C)C)cc2)nc(-c2ncccn2)nc1OC([2H])([2H])C([2H])([2H])O. The quantitative estimate of drug-likeness (QED) is 0.290. The van der Waals surface area contributed by atoms with Crippen molar-refractivity contribution in [1.29, 1.82) is 0 Å². The summed E-state index contributed by atoms with van der Waals surface area (Å²) in [5.41, 5.74) is 0.573. The molecule has 0 saturated heterocycles. The number of benzene rings is 2. The maximum atomic E-state index is 13.7. The maximum absolute atomic E-state index is 13.7. The third kappa shape index (κ3) is 6.59. The van der Waals surface area contributed by atoms with Gasteiger partial charge in [0.1, 0.15) is 6.56 Å². The van der Waals surface area contributed by atoms with Crippen molar-refractivity contribution in [3.63, 3.8) is 0 Å². The van der Waals surface area contributed by atoms with Crippen LogP contribution in [0.15, 0.2) is 71.9 Å². The predicted octanol–water partition coefficient (Wildman–Crippen LogP) is 4.20. The van der Waals surface area contributed by atoms with Crippen molar-refractivity contribution in [2.45, 2.75) is 31.1 Å². The van der Waals surface area contributed by atoms with Crippen molar-refractivity contribution in [2.75, 3.05) is 24.9 Å². The lowest BCUT2D eigenvalue weighted by molar-refractivity contribution is 0.192.